The number of hydrogen-bond acceptors (Lipinski definition) is 5. The molecule has 1 atom stereocenters. The molecule has 1 aliphatic heterocycles. The Morgan fingerprint density at radius 3 is 2.35 bits per heavy atom. The van der Waals surface area contributed by atoms with Crippen LogP contribution in [-0.4, -0.2) is 50.3 Å². The van der Waals surface area contributed by atoms with Gasteiger partial charge >= 0.3 is 5.97 Å². The van der Waals surface area contributed by atoms with Crippen LogP contribution in [0.1, 0.15) is 64.7 Å². The third kappa shape index (κ3) is 8.09. The molecule has 174 valence electrons. The zero-order valence-corrected chi connectivity index (χ0v) is 19.7. The SMILES string of the molecule is CCCCCCCCCCOC(=O)CC1C(=O)NCCN1S(=O)(=O)c1ccc(Cl)cc1. The lowest BCUT2D eigenvalue weighted by Crippen LogP contribution is -2.57. The van der Waals surface area contributed by atoms with E-state index >= 15 is 0 Å². The molecule has 1 saturated heterocycles. The zero-order chi connectivity index (χ0) is 22.7. The van der Waals surface area contributed by atoms with Gasteiger partial charge in [0.1, 0.15) is 6.04 Å². The first-order chi connectivity index (χ1) is 14.9. The molecule has 1 heterocycles. The van der Waals surface area contributed by atoms with Gasteiger partial charge in [0.15, 0.2) is 0 Å². The van der Waals surface area contributed by atoms with Gasteiger partial charge in [0.2, 0.25) is 15.9 Å². The number of carbonyl (C=O) groups excluding carboxylic acids is 2. The Hall–Kier alpha value is -1.64. The van der Waals surface area contributed by atoms with Crippen molar-refractivity contribution in [2.24, 2.45) is 0 Å². The highest BCUT2D eigenvalue weighted by Crippen LogP contribution is 2.23. The molecule has 0 aliphatic carbocycles. The second-order valence-corrected chi connectivity index (χ2v) is 10.1. The van der Waals surface area contributed by atoms with Crippen molar-refractivity contribution in [3.05, 3.63) is 29.3 Å². The van der Waals surface area contributed by atoms with Crippen molar-refractivity contribution in [3.63, 3.8) is 0 Å². The van der Waals surface area contributed by atoms with Gasteiger partial charge in [-0.3, -0.25) is 9.59 Å². The number of benzene rings is 1. The normalized spacial score (nSPS) is 17.4. The lowest BCUT2D eigenvalue weighted by atomic mass is 10.1. The largest absolute Gasteiger partial charge is 0.466 e. The molecule has 2 rings (SSSR count). The molecule has 1 aliphatic rings. The van der Waals surface area contributed by atoms with Crippen molar-refractivity contribution < 1.29 is 22.7 Å². The quantitative estimate of drug-likeness (QED) is 0.347. The maximum absolute atomic E-state index is 13.0. The van der Waals surface area contributed by atoms with E-state index in [1.54, 1.807) is 0 Å². The number of ether oxygens (including phenoxy) is 1. The Morgan fingerprint density at radius 2 is 1.71 bits per heavy atom. The van der Waals surface area contributed by atoms with Gasteiger partial charge in [0.05, 0.1) is 17.9 Å². The van der Waals surface area contributed by atoms with Crippen LogP contribution in [0.25, 0.3) is 0 Å². The van der Waals surface area contributed by atoms with Crippen molar-refractivity contribution in [2.45, 2.75) is 75.6 Å². The van der Waals surface area contributed by atoms with Crippen molar-refractivity contribution >= 4 is 33.5 Å². The fourth-order valence-corrected chi connectivity index (χ4v) is 5.27. The number of nitrogens with one attached hydrogen (secondary N) is 1. The number of esters is 1. The molecule has 1 aromatic carbocycles. The van der Waals surface area contributed by atoms with E-state index in [0.29, 0.717) is 5.02 Å². The van der Waals surface area contributed by atoms with Crippen LogP contribution in [-0.2, 0) is 24.3 Å². The predicted octanol–water partition coefficient (Wildman–Crippen LogP) is 3.90. The third-order valence-corrected chi connectivity index (χ3v) is 7.50. The molecule has 1 amide bonds. The van der Waals surface area contributed by atoms with Gasteiger partial charge in [0.25, 0.3) is 0 Å². The Bertz CT molecular complexity index is 814. The van der Waals surface area contributed by atoms with Crippen LogP contribution >= 0.6 is 11.6 Å². The highest BCUT2D eigenvalue weighted by Gasteiger charge is 2.40. The Kier molecular flexibility index (Phi) is 10.8. The second kappa shape index (κ2) is 13.0. The number of halogens is 1. The molecule has 7 nitrogen and oxygen atoms in total. The molecule has 0 bridgehead atoms. The number of unbranched alkanes of at least 4 members (excludes halogenated alkanes) is 7. The van der Waals surface area contributed by atoms with E-state index in [2.05, 4.69) is 12.2 Å². The van der Waals surface area contributed by atoms with E-state index in [4.69, 9.17) is 16.3 Å². The fraction of sp³-hybridized carbons (Fsp3) is 0.636. The smallest absolute Gasteiger partial charge is 0.307 e. The third-order valence-electron chi connectivity index (χ3n) is 5.32. The molecular formula is C22H33ClN2O5S. The van der Waals surface area contributed by atoms with Gasteiger partial charge in [-0.15, -0.1) is 0 Å². The predicted molar refractivity (Wildman–Crippen MR) is 120 cm³/mol. The van der Waals surface area contributed by atoms with Crippen molar-refractivity contribution in [2.75, 3.05) is 19.7 Å². The van der Waals surface area contributed by atoms with E-state index in [-0.39, 0.29) is 31.0 Å². The van der Waals surface area contributed by atoms with Crippen LogP contribution in [0.2, 0.25) is 5.02 Å². The molecule has 9 heteroatoms. The summed E-state index contributed by atoms with van der Waals surface area (Å²) in [6.45, 7) is 2.76. The first-order valence-corrected chi connectivity index (χ1v) is 12.9. The zero-order valence-electron chi connectivity index (χ0n) is 18.1. The summed E-state index contributed by atoms with van der Waals surface area (Å²) in [4.78, 5) is 24.7. The summed E-state index contributed by atoms with van der Waals surface area (Å²) in [5.74, 6) is -1.06. The summed E-state index contributed by atoms with van der Waals surface area (Å²) < 4.78 is 32.4. The number of piperazine rings is 1. The summed E-state index contributed by atoms with van der Waals surface area (Å²) in [7, 11) is -3.94. The van der Waals surface area contributed by atoms with E-state index in [9.17, 15) is 18.0 Å². The summed E-state index contributed by atoms with van der Waals surface area (Å²) in [5, 5.41) is 3.04. The number of hydrogen-bond donors (Lipinski definition) is 1. The number of nitrogens with zero attached hydrogens (tertiary/aromatic N) is 1. The van der Waals surface area contributed by atoms with Gasteiger partial charge in [-0.05, 0) is 30.7 Å². The monoisotopic (exact) mass is 472 g/mol. The lowest BCUT2D eigenvalue weighted by molar-refractivity contribution is -0.147. The summed E-state index contributed by atoms with van der Waals surface area (Å²) in [6, 6.07) is 4.61. The second-order valence-electron chi connectivity index (χ2n) is 7.78. The highest BCUT2D eigenvalue weighted by atomic mass is 35.5. The average molecular weight is 473 g/mol. The molecule has 1 unspecified atom stereocenters. The average Bonchev–Trinajstić information content (AvgIpc) is 2.74. The standard InChI is InChI=1S/C22H33ClN2O5S/c1-2-3-4-5-6-7-8-9-16-30-21(26)17-20-22(27)24-14-15-25(20)31(28,29)19-12-10-18(23)11-13-19/h10-13,20H,2-9,14-17H2,1H3,(H,24,27). The van der Waals surface area contributed by atoms with Crippen LogP contribution in [0.4, 0.5) is 0 Å². The topological polar surface area (TPSA) is 92.8 Å². The molecule has 0 aromatic heterocycles. The minimum absolute atomic E-state index is 0.0314. The van der Waals surface area contributed by atoms with E-state index < -0.39 is 27.9 Å². The molecule has 31 heavy (non-hydrogen) atoms. The Labute approximate surface area is 190 Å². The van der Waals surface area contributed by atoms with Gasteiger partial charge in [-0.2, -0.15) is 4.31 Å². The lowest BCUT2D eigenvalue weighted by Gasteiger charge is -2.33. The number of carbonyl (C=O) groups is 2. The Morgan fingerprint density at radius 1 is 1.10 bits per heavy atom. The summed E-state index contributed by atoms with van der Waals surface area (Å²) in [6.07, 6.45) is 8.75. The minimum atomic E-state index is -3.94. The van der Waals surface area contributed by atoms with E-state index in [1.807, 2.05) is 0 Å². The molecular weight excluding hydrogens is 440 g/mol. The van der Waals surface area contributed by atoms with Gasteiger partial charge in [-0.25, -0.2) is 8.42 Å². The van der Waals surface area contributed by atoms with Gasteiger partial charge < -0.3 is 10.1 Å². The number of sulfonamides is 1. The number of amides is 1. The molecule has 1 aromatic rings. The molecule has 0 radical (unpaired) electrons. The van der Waals surface area contributed by atoms with Crippen LogP contribution in [0.3, 0.4) is 0 Å². The van der Waals surface area contributed by atoms with Crippen LogP contribution in [0, 0.1) is 0 Å². The summed E-state index contributed by atoms with van der Waals surface area (Å²) >= 11 is 5.84. The maximum atomic E-state index is 13.0. The van der Waals surface area contributed by atoms with Gasteiger partial charge in [0, 0.05) is 18.1 Å². The highest BCUT2D eigenvalue weighted by molar-refractivity contribution is 7.89. The van der Waals surface area contributed by atoms with E-state index in [1.165, 1.54) is 56.4 Å². The molecule has 1 fully saturated rings. The van der Waals surface area contributed by atoms with Crippen molar-refractivity contribution in [3.8, 4) is 0 Å². The molecule has 1 N–H and O–H groups in total. The fourth-order valence-electron chi connectivity index (χ4n) is 3.56. The molecule has 0 spiro atoms. The maximum Gasteiger partial charge on any atom is 0.307 e. The van der Waals surface area contributed by atoms with E-state index in [0.717, 1.165) is 23.6 Å². The first kappa shape index (κ1) is 25.6. The Balaban J connectivity index is 1.84. The number of rotatable bonds is 13. The van der Waals surface area contributed by atoms with Crippen LogP contribution in [0.15, 0.2) is 29.2 Å². The van der Waals surface area contributed by atoms with Crippen LogP contribution in [0.5, 0.6) is 0 Å². The minimum Gasteiger partial charge on any atom is -0.466 e. The first-order valence-electron chi connectivity index (χ1n) is 11.1. The summed E-state index contributed by atoms with van der Waals surface area (Å²) in [5.41, 5.74) is 0. The van der Waals surface area contributed by atoms with Gasteiger partial charge in [-0.1, -0.05) is 63.5 Å². The van der Waals surface area contributed by atoms with Crippen molar-refractivity contribution in [1.29, 1.82) is 0 Å². The van der Waals surface area contributed by atoms with Crippen LogP contribution < -0.4 is 5.32 Å². The van der Waals surface area contributed by atoms with Crippen molar-refractivity contribution in [1.82, 2.24) is 9.62 Å². The molecule has 0 saturated carbocycles.